The second-order valence-electron chi connectivity index (χ2n) is 4.27. The largest absolute Gasteiger partial charge is 0.573 e. The Morgan fingerprint density at radius 2 is 2.00 bits per heavy atom. The van der Waals surface area contributed by atoms with E-state index in [1.807, 2.05) is 0 Å². The van der Waals surface area contributed by atoms with Gasteiger partial charge in [-0.2, -0.15) is 0 Å². The van der Waals surface area contributed by atoms with E-state index in [9.17, 15) is 18.0 Å². The summed E-state index contributed by atoms with van der Waals surface area (Å²) in [5, 5.41) is 8.98. The van der Waals surface area contributed by atoms with Crippen molar-refractivity contribution in [2.75, 3.05) is 0 Å². The number of nitrogens with zero attached hydrogens (tertiary/aromatic N) is 1. The second-order valence-corrected chi connectivity index (χ2v) is 4.66. The first-order chi connectivity index (χ1) is 10.2. The molecule has 22 heavy (non-hydrogen) atoms. The fraction of sp³-hybridized carbons (Fsp3) is 0.143. The third-order valence-electron chi connectivity index (χ3n) is 2.64. The minimum absolute atomic E-state index is 0.0997. The number of carbonyl (C=O) groups is 1. The van der Waals surface area contributed by atoms with Gasteiger partial charge in [0.05, 0.1) is 12.1 Å². The Morgan fingerprint density at radius 1 is 1.27 bits per heavy atom. The maximum atomic E-state index is 12.2. The summed E-state index contributed by atoms with van der Waals surface area (Å²) in [5.41, 5.74) is 0.880. The van der Waals surface area contributed by atoms with Gasteiger partial charge in [0.25, 0.3) is 0 Å². The molecule has 8 heteroatoms. The highest BCUT2D eigenvalue weighted by Gasteiger charge is 2.31. The van der Waals surface area contributed by atoms with Crippen LogP contribution in [0.25, 0.3) is 11.1 Å². The third-order valence-corrected chi connectivity index (χ3v) is 2.85. The van der Waals surface area contributed by atoms with Crippen molar-refractivity contribution in [3.05, 3.63) is 47.2 Å². The van der Waals surface area contributed by atoms with E-state index in [4.69, 9.17) is 16.7 Å². The normalized spacial score (nSPS) is 11.3. The monoisotopic (exact) mass is 331 g/mol. The number of aliphatic carboxylic acids is 1. The molecule has 0 radical (unpaired) electrons. The molecule has 0 amide bonds. The zero-order chi connectivity index (χ0) is 16.3. The van der Waals surface area contributed by atoms with Gasteiger partial charge < -0.3 is 9.84 Å². The van der Waals surface area contributed by atoms with Gasteiger partial charge in [-0.05, 0) is 29.8 Å². The van der Waals surface area contributed by atoms with Crippen LogP contribution in [0.3, 0.4) is 0 Å². The maximum Gasteiger partial charge on any atom is 0.573 e. The number of pyridine rings is 1. The zero-order valence-corrected chi connectivity index (χ0v) is 11.6. The van der Waals surface area contributed by atoms with Gasteiger partial charge in [0, 0.05) is 5.56 Å². The summed E-state index contributed by atoms with van der Waals surface area (Å²) in [5.74, 6) is -1.53. The van der Waals surface area contributed by atoms with E-state index in [-0.39, 0.29) is 10.8 Å². The van der Waals surface area contributed by atoms with E-state index < -0.39 is 24.5 Å². The Labute approximate surface area is 128 Å². The van der Waals surface area contributed by atoms with Crippen molar-refractivity contribution < 1.29 is 27.8 Å². The number of hydrogen-bond acceptors (Lipinski definition) is 3. The minimum atomic E-state index is -4.80. The Kier molecular flexibility index (Phi) is 4.56. The van der Waals surface area contributed by atoms with Gasteiger partial charge in [0.2, 0.25) is 0 Å². The van der Waals surface area contributed by atoms with Crippen LogP contribution in [-0.2, 0) is 11.2 Å². The predicted molar refractivity (Wildman–Crippen MR) is 72.7 cm³/mol. The Morgan fingerprint density at radius 3 is 2.64 bits per heavy atom. The van der Waals surface area contributed by atoms with E-state index in [0.717, 1.165) is 12.1 Å². The molecule has 116 valence electrons. The average molecular weight is 332 g/mol. The van der Waals surface area contributed by atoms with Crippen molar-refractivity contribution in [3.63, 3.8) is 0 Å². The maximum absolute atomic E-state index is 12.2. The molecule has 0 aliphatic carbocycles. The highest BCUT2D eigenvalue weighted by molar-refractivity contribution is 6.29. The lowest BCUT2D eigenvalue weighted by molar-refractivity contribution is -0.274. The molecule has 1 aromatic heterocycles. The molecule has 0 saturated heterocycles. The molecule has 0 fully saturated rings. The van der Waals surface area contributed by atoms with Gasteiger partial charge >= 0.3 is 12.3 Å². The fourth-order valence-corrected chi connectivity index (χ4v) is 2.04. The van der Waals surface area contributed by atoms with E-state index in [1.165, 1.54) is 24.3 Å². The summed E-state index contributed by atoms with van der Waals surface area (Å²) in [6.45, 7) is 0. The summed E-state index contributed by atoms with van der Waals surface area (Å²) < 4.78 is 40.6. The number of carboxylic acids is 1. The van der Waals surface area contributed by atoms with Gasteiger partial charge in [-0.25, -0.2) is 4.98 Å². The van der Waals surface area contributed by atoms with Crippen molar-refractivity contribution in [1.82, 2.24) is 4.98 Å². The standard InChI is InChI=1S/C14H9ClF3NO3/c15-12-5-4-10(11(19-12)7-13(20)21)8-2-1-3-9(6-8)22-14(16,17)18/h1-6H,7H2,(H,20,21). The van der Waals surface area contributed by atoms with Gasteiger partial charge in [-0.1, -0.05) is 23.7 Å². The Balaban J connectivity index is 2.43. The number of alkyl halides is 3. The fourth-order valence-electron chi connectivity index (χ4n) is 1.88. The van der Waals surface area contributed by atoms with Crippen molar-refractivity contribution in [2.45, 2.75) is 12.8 Å². The summed E-state index contributed by atoms with van der Waals surface area (Å²) in [4.78, 5) is 14.8. The lowest BCUT2D eigenvalue weighted by Gasteiger charge is -2.12. The number of halogens is 4. The highest BCUT2D eigenvalue weighted by Crippen LogP contribution is 2.30. The van der Waals surface area contributed by atoms with Gasteiger partial charge in [0.15, 0.2) is 0 Å². The highest BCUT2D eigenvalue weighted by atomic mass is 35.5. The zero-order valence-electron chi connectivity index (χ0n) is 10.9. The first-order valence-electron chi connectivity index (χ1n) is 5.98. The van der Waals surface area contributed by atoms with Crippen LogP contribution < -0.4 is 4.74 Å². The first kappa shape index (κ1) is 16.1. The predicted octanol–water partition coefficient (Wildman–Crippen LogP) is 3.93. The van der Waals surface area contributed by atoms with Crippen LogP contribution in [0.4, 0.5) is 13.2 Å². The number of aromatic nitrogens is 1. The molecular formula is C14H9ClF3NO3. The number of carboxylic acid groups (broad SMARTS) is 1. The first-order valence-corrected chi connectivity index (χ1v) is 6.36. The Hall–Kier alpha value is -2.28. The van der Waals surface area contributed by atoms with Crippen LogP contribution in [-0.4, -0.2) is 22.4 Å². The second kappa shape index (κ2) is 6.23. The van der Waals surface area contributed by atoms with Gasteiger partial charge in [0.1, 0.15) is 10.9 Å². The van der Waals surface area contributed by atoms with Gasteiger partial charge in [-0.15, -0.1) is 13.2 Å². The summed E-state index contributed by atoms with van der Waals surface area (Å²) in [6.07, 6.45) is -5.21. The van der Waals surface area contributed by atoms with Crippen LogP contribution in [0.5, 0.6) is 5.75 Å². The molecule has 0 saturated carbocycles. The molecular weight excluding hydrogens is 323 g/mol. The molecule has 4 nitrogen and oxygen atoms in total. The Bertz CT molecular complexity index is 704. The molecule has 1 aromatic carbocycles. The molecule has 0 atom stereocenters. The third kappa shape index (κ3) is 4.36. The number of benzene rings is 1. The lowest BCUT2D eigenvalue weighted by atomic mass is 10.0. The van der Waals surface area contributed by atoms with Crippen molar-refractivity contribution in [3.8, 4) is 16.9 Å². The smallest absolute Gasteiger partial charge is 0.481 e. The molecule has 1 N–H and O–H groups in total. The number of ether oxygens (including phenoxy) is 1. The molecule has 0 aliphatic rings. The number of hydrogen-bond donors (Lipinski definition) is 1. The minimum Gasteiger partial charge on any atom is -0.481 e. The molecule has 0 aliphatic heterocycles. The lowest BCUT2D eigenvalue weighted by Crippen LogP contribution is -2.17. The van der Waals surface area contributed by atoms with E-state index in [2.05, 4.69) is 9.72 Å². The SMILES string of the molecule is O=C(O)Cc1nc(Cl)ccc1-c1cccc(OC(F)(F)F)c1. The van der Waals surface area contributed by atoms with Crippen LogP contribution in [0, 0.1) is 0 Å². The van der Waals surface area contributed by atoms with Crippen molar-refractivity contribution >= 4 is 17.6 Å². The van der Waals surface area contributed by atoms with Crippen molar-refractivity contribution in [2.24, 2.45) is 0 Å². The molecule has 0 bridgehead atoms. The van der Waals surface area contributed by atoms with Crippen LogP contribution in [0.1, 0.15) is 5.69 Å². The average Bonchev–Trinajstić information content (AvgIpc) is 2.36. The molecule has 1 heterocycles. The topological polar surface area (TPSA) is 59.4 Å². The van der Waals surface area contributed by atoms with E-state index in [0.29, 0.717) is 11.1 Å². The quantitative estimate of drug-likeness (QED) is 0.862. The van der Waals surface area contributed by atoms with Gasteiger partial charge in [-0.3, -0.25) is 4.79 Å². The summed E-state index contributed by atoms with van der Waals surface area (Å²) in [7, 11) is 0. The molecule has 0 spiro atoms. The number of rotatable bonds is 4. The molecule has 0 unspecified atom stereocenters. The summed E-state index contributed by atoms with van der Waals surface area (Å²) in [6, 6.07) is 8.13. The van der Waals surface area contributed by atoms with E-state index in [1.54, 1.807) is 0 Å². The molecule has 2 rings (SSSR count). The van der Waals surface area contributed by atoms with Crippen LogP contribution in [0.15, 0.2) is 36.4 Å². The van der Waals surface area contributed by atoms with Crippen LogP contribution >= 0.6 is 11.6 Å². The van der Waals surface area contributed by atoms with E-state index >= 15 is 0 Å². The molecule has 2 aromatic rings. The van der Waals surface area contributed by atoms with Crippen molar-refractivity contribution in [1.29, 1.82) is 0 Å². The van der Waals surface area contributed by atoms with Crippen LogP contribution in [0.2, 0.25) is 5.15 Å². The summed E-state index contributed by atoms with van der Waals surface area (Å²) >= 11 is 5.73.